The predicted molar refractivity (Wildman–Crippen MR) is 85.8 cm³/mol. The highest BCUT2D eigenvalue weighted by Crippen LogP contribution is 2.31. The summed E-state index contributed by atoms with van der Waals surface area (Å²) in [5.41, 5.74) is 2.01. The first-order chi connectivity index (χ1) is 10.0. The van der Waals surface area contributed by atoms with E-state index in [1.165, 1.54) is 12.1 Å². The lowest BCUT2D eigenvalue weighted by molar-refractivity contribution is -0.0498. The van der Waals surface area contributed by atoms with Crippen molar-refractivity contribution in [2.45, 2.75) is 12.7 Å². The van der Waals surface area contributed by atoms with E-state index in [-0.39, 0.29) is 11.8 Å². The number of benzene rings is 2. The summed E-state index contributed by atoms with van der Waals surface area (Å²) in [6.45, 7) is -2.81. The van der Waals surface area contributed by atoms with Gasteiger partial charge >= 0.3 is 6.61 Å². The van der Waals surface area contributed by atoms with E-state index in [1.807, 2.05) is 25.2 Å². The topological polar surface area (TPSA) is 21.3 Å². The molecule has 0 heterocycles. The van der Waals surface area contributed by atoms with Crippen LogP contribution < -0.4 is 10.1 Å². The van der Waals surface area contributed by atoms with Crippen LogP contribution in [0.25, 0.3) is 0 Å². The highest BCUT2D eigenvalue weighted by atomic mass is 79.9. The number of ether oxygens (including phenoxy) is 1. The third-order valence-electron chi connectivity index (χ3n) is 3.00. The molecule has 0 aromatic heterocycles. The van der Waals surface area contributed by atoms with Crippen LogP contribution in [0.1, 0.15) is 17.2 Å². The Bertz CT molecular complexity index is 605. The molecule has 0 saturated carbocycles. The van der Waals surface area contributed by atoms with Gasteiger partial charge in [-0.3, -0.25) is 0 Å². The van der Waals surface area contributed by atoms with E-state index in [0.29, 0.717) is 0 Å². The van der Waals surface area contributed by atoms with E-state index < -0.39 is 6.61 Å². The van der Waals surface area contributed by atoms with Crippen LogP contribution in [-0.2, 0) is 0 Å². The van der Waals surface area contributed by atoms with Crippen LogP contribution in [0.5, 0.6) is 5.75 Å². The second kappa shape index (κ2) is 7.33. The molecule has 6 heteroatoms. The molecule has 2 rings (SSSR count). The Hall–Kier alpha value is -0.980. The molecule has 1 atom stereocenters. The molecule has 0 aliphatic carbocycles. The number of hydrogen-bond donors (Lipinski definition) is 1. The minimum Gasteiger partial charge on any atom is -0.435 e. The number of nitrogens with one attached hydrogen (secondary N) is 1. The van der Waals surface area contributed by atoms with Gasteiger partial charge in [0.05, 0.1) is 6.04 Å². The zero-order valence-corrected chi connectivity index (χ0v) is 14.3. The number of halogens is 4. The van der Waals surface area contributed by atoms with Crippen molar-refractivity contribution in [3.63, 3.8) is 0 Å². The van der Waals surface area contributed by atoms with Gasteiger partial charge in [0.1, 0.15) is 5.75 Å². The Morgan fingerprint density at radius 3 is 2.29 bits per heavy atom. The molecule has 0 fully saturated rings. The fourth-order valence-corrected chi connectivity index (χ4v) is 2.93. The average Bonchev–Trinajstić information content (AvgIpc) is 2.44. The van der Waals surface area contributed by atoms with Crippen LogP contribution in [0.2, 0.25) is 0 Å². The molecule has 0 spiro atoms. The summed E-state index contributed by atoms with van der Waals surface area (Å²) >= 11 is 6.98. The van der Waals surface area contributed by atoms with E-state index in [4.69, 9.17) is 0 Å². The molecule has 0 aliphatic heterocycles. The Morgan fingerprint density at radius 1 is 1.05 bits per heavy atom. The zero-order chi connectivity index (χ0) is 15.4. The summed E-state index contributed by atoms with van der Waals surface area (Å²) in [7, 11) is 1.85. The maximum atomic E-state index is 12.2. The number of hydrogen-bond acceptors (Lipinski definition) is 2. The summed E-state index contributed by atoms with van der Waals surface area (Å²) < 4.78 is 30.6. The lowest BCUT2D eigenvalue weighted by Crippen LogP contribution is -2.18. The molecule has 112 valence electrons. The van der Waals surface area contributed by atoms with Gasteiger partial charge in [0, 0.05) is 8.95 Å². The SMILES string of the molecule is CNC(c1ccc(OC(F)F)cc1)c1cc(Br)ccc1Br. The van der Waals surface area contributed by atoms with Crippen molar-refractivity contribution in [3.8, 4) is 5.75 Å². The van der Waals surface area contributed by atoms with Crippen molar-refractivity contribution in [2.75, 3.05) is 7.05 Å². The normalized spacial score (nSPS) is 12.5. The molecule has 2 aromatic rings. The third-order valence-corrected chi connectivity index (χ3v) is 4.21. The first-order valence-electron chi connectivity index (χ1n) is 6.18. The predicted octanol–water partition coefficient (Wildman–Crippen LogP) is 5.12. The van der Waals surface area contributed by atoms with Gasteiger partial charge < -0.3 is 10.1 Å². The monoisotopic (exact) mass is 419 g/mol. The van der Waals surface area contributed by atoms with Crippen molar-refractivity contribution < 1.29 is 13.5 Å². The zero-order valence-electron chi connectivity index (χ0n) is 11.1. The van der Waals surface area contributed by atoms with Crippen molar-refractivity contribution >= 4 is 31.9 Å². The lowest BCUT2D eigenvalue weighted by Gasteiger charge is -2.19. The van der Waals surface area contributed by atoms with Crippen LogP contribution in [0.3, 0.4) is 0 Å². The maximum Gasteiger partial charge on any atom is 0.387 e. The molecule has 0 saturated heterocycles. The number of rotatable bonds is 5. The fraction of sp³-hybridized carbons (Fsp3) is 0.200. The average molecular weight is 421 g/mol. The van der Waals surface area contributed by atoms with Crippen molar-refractivity contribution in [1.29, 1.82) is 0 Å². The number of alkyl halides is 2. The van der Waals surface area contributed by atoms with Crippen molar-refractivity contribution in [3.05, 3.63) is 62.5 Å². The Balaban J connectivity index is 2.31. The van der Waals surface area contributed by atoms with E-state index in [2.05, 4.69) is 41.9 Å². The van der Waals surface area contributed by atoms with E-state index in [9.17, 15) is 8.78 Å². The summed E-state index contributed by atoms with van der Waals surface area (Å²) in [6.07, 6.45) is 0. The first-order valence-corrected chi connectivity index (χ1v) is 7.77. The standard InChI is InChI=1S/C15H13Br2F2NO/c1-20-14(12-8-10(16)4-7-13(12)17)9-2-5-11(6-3-9)21-15(18)19/h2-8,14-15,20H,1H3. The molecule has 21 heavy (non-hydrogen) atoms. The fourth-order valence-electron chi connectivity index (χ4n) is 2.08. The molecule has 0 aliphatic rings. The molecule has 0 radical (unpaired) electrons. The van der Waals surface area contributed by atoms with Gasteiger partial charge in [0.25, 0.3) is 0 Å². The molecule has 0 bridgehead atoms. The smallest absolute Gasteiger partial charge is 0.387 e. The summed E-state index contributed by atoms with van der Waals surface area (Å²) in [6, 6.07) is 12.5. The van der Waals surface area contributed by atoms with Gasteiger partial charge in [-0.15, -0.1) is 0 Å². The third kappa shape index (κ3) is 4.25. The Kier molecular flexibility index (Phi) is 5.72. The second-order valence-corrected chi connectivity index (χ2v) is 6.11. The van der Waals surface area contributed by atoms with E-state index >= 15 is 0 Å². The van der Waals surface area contributed by atoms with Gasteiger partial charge in [0.2, 0.25) is 0 Å². The quantitative estimate of drug-likeness (QED) is 0.724. The van der Waals surface area contributed by atoms with Crippen molar-refractivity contribution in [1.82, 2.24) is 5.32 Å². The molecule has 0 amide bonds. The van der Waals surface area contributed by atoms with Crippen LogP contribution >= 0.6 is 31.9 Å². The highest BCUT2D eigenvalue weighted by Gasteiger charge is 2.16. The van der Waals surface area contributed by atoms with Crippen LogP contribution in [0.4, 0.5) is 8.78 Å². The Labute approximate surface area is 138 Å². The Morgan fingerprint density at radius 2 is 1.71 bits per heavy atom. The van der Waals surface area contributed by atoms with Gasteiger partial charge in [-0.05, 0) is 48.5 Å². The summed E-state index contributed by atoms with van der Waals surface area (Å²) in [5, 5.41) is 3.22. The van der Waals surface area contributed by atoms with Crippen LogP contribution in [0.15, 0.2) is 51.4 Å². The minimum atomic E-state index is -2.81. The first kappa shape index (κ1) is 16.4. The summed E-state index contributed by atoms with van der Waals surface area (Å²) in [5.74, 6) is 0.150. The molecule has 2 aromatic carbocycles. The van der Waals surface area contributed by atoms with Gasteiger partial charge in [-0.2, -0.15) is 8.78 Å². The minimum absolute atomic E-state index is 0.0579. The van der Waals surface area contributed by atoms with Gasteiger partial charge in [0.15, 0.2) is 0 Å². The van der Waals surface area contributed by atoms with Gasteiger partial charge in [-0.25, -0.2) is 0 Å². The van der Waals surface area contributed by atoms with Crippen LogP contribution in [-0.4, -0.2) is 13.7 Å². The van der Waals surface area contributed by atoms with Crippen molar-refractivity contribution in [2.24, 2.45) is 0 Å². The molecule has 2 nitrogen and oxygen atoms in total. The van der Waals surface area contributed by atoms with Crippen LogP contribution in [0, 0.1) is 0 Å². The molecule has 1 N–H and O–H groups in total. The maximum absolute atomic E-state index is 12.2. The second-order valence-electron chi connectivity index (χ2n) is 4.34. The molecular formula is C15H13Br2F2NO. The summed E-state index contributed by atoms with van der Waals surface area (Å²) in [4.78, 5) is 0. The van der Waals surface area contributed by atoms with E-state index in [0.717, 1.165) is 20.1 Å². The highest BCUT2D eigenvalue weighted by molar-refractivity contribution is 9.11. The molecule has 1 unspecified atom stereocenters. The van der Waals surface area contributed by atoms with Gasteiger partial charge in [-0.1, -0.05) is 44.0 Å². The largest absolute Gasteiger partial charge is 0.435 e. The van der Waals surface area contributed by atoms with E-state index in [1.54, 1.807) is 12.1 Å². The molecular weight excluding hydrogens is 408 g/mol. The lowest BCUT2D eigenvalue weighted by atomic mass is 9.99.